The van der Waals surface area contributed by atoms with Gasteiger partial charge in [-0.1, -0.05) is 37.6 Å². The smallest absolute Gasteiger partial charge is 0.223 e. The summed E-state index contributed by atoms with van der Waals surface area (Å²) in [6.07, 6.45) is 3.93. The molecule has 1 aliphatic rings. The third kappa shape index (κ3) is 5.29. The Morgan fingerprint density at radius 3 is 2.45 bits per heavy atom. The zero-order chi connectivity index (χ0) is 15.9. The van der Waals surface area contributed by atoms with E-state index in [9.17, 15) is 4.79 Å². The predicted molar refractivity (Wildman–Crippen MR) is 92.0 cm³/mol. The van der Waals surface area contributed by atoms with Crippen molar-refractivity contribution >= 4 is 17.5 Å². The normalized spacial score (nSPS) is 17.5. The molecule has 1 unspecified atom stereocenters. The molecule has 0 radical (unpaired) electrons. The highest BCUT2D eigenvalue weighted by Gasteiger charge is 2.24. The summed E-state index contributed by atoms with van der Waals surface area (Å²) in [6, 6.07) is 7.93. The first-order valence-electron chi connectivity index (χ1n) is 8.33. The van der Waals surface area contributed by atoms with E-state index in [4.69, 9.17) is 11.6 Å². The summed E-state index contributed by atoms with van der Waals surface area (Å²) in [5.74, 6) is 0.978. The van der Waals surface area contributed by atoms with E-state index in [0.717, 1.165) is 49.4 Å². The number of carbonyl (C=O) groups excluding carboxylic acids is 1. The lowest BCUT2D eigenvalue weighted by Crippen LogP contribution is -2.39. The van der Waals surface area contributed by atoms with Crippen molar-refractivity contribution in [2.24, 2.45) is 11.8 Å². The highest BCUT2D eigenvalue weighted by atomic mass is 35.5. The maximum Gasteiger partial charge on any atom is 0.223 e. The number of rotatable bonds is 6. The monoisotopic (exact) mass is 322 g/mol. The van der Waals surface area contributed by atoms with E-state index in [1.54, 1.807) is 0 Å². The minimum Gasteiger partial charge on any atom is -0.349 e. The molecule has 2 N–H and O–H groups in total. The van der Waals surface area contributed by atoms with Crippen molar-refractivity contribution in [3.05, 3.63) is 34.9 Å². The molecule has 1 aromatic carbocycles. The van der Waals surface area contributed by atoms with Crippen LogP contribution in [-0.4, -0.2) is 19.0 Å². The van der Waals surface area contributed by atoms with Crippen LogP contribution in [0.2, 0.25) is 5.02 Å². The number of carbonyl (C=O) groups is 1. The molecule has 0 saturated carbocycles. The van der Waals surface area contributed by atoms with Crippen LogP contribution in [0, 0.1) is 11.8 Å². The van der Waals surface area contributed by atoms with Crippen molar-refractivity contribution in [3.8, 4) is 0 Å². The molecule has 0 aliphatic carbocycles. The third-order valence-corrected chi connectivity index (χ3v) is 4.58. The zero-order valence-electron chi connectivity index (χ0n) is 13.6. The Kier molecular flexibility index (Phi) is 6.71. The second-order valence-corrected chi connectivity index (χ2v) is 7.04. The zero-order valence-corrected chi connectivity index (χ0v) is 14.3. The molecule has 122 valence electrons. The number of nitrogens with one attached hydrogen (secondary N) is 2. The van der Waals surface area contributed by atoms with Crippen LogP contribution >= 0.6 is 11.6 Å². The first-order valence-corrected chi connectivity index (χ1v) is 8.70. The van der Waals surface area contributed by atoms with Gasteiger partial charge in [-0.05, 0) is 62.4 Å². The van der Waals surface area contributed by atoms with Crippen molar-refractivity contribution < 1.29 is 4.79 Å². The Morgan fingerprint density at radius 2 is 1.86 bits per heavy atom. The summed E-state index contributed by atoms with van der Waals surface area (Å²) >= 11 is 5.98. The van der Waals surface area contributed by atoms with Gasteiger partial charge in [-0.25, -0.2) is 0 Å². The number of piperidine rings is 1. The van der Waals surface area contributed by atoms with Gasteiger partial charge in [0.1, 0.15) is 0 Å². The SMILES string of the molecule is CC(C)CCC(NC(=O)C1CCNCC1)c1ccc(Cl)cc1. The molecule has 1 saturated heterocycles. The molecule has 0 aromatic heterocycles. The summed E-state index contributed by atoms with van der Waals surface area (Å²) in [4.78, 5) is 12.5. The molecule has 4 heteroatoms. The van der Waals surface area contributed by atoms with Crippen molar-refractivity contribution in [1.82, 2.24) is 10.6 Å². The van der Waals surface area contributed by atoms with E-state index in [2.05, 4.69) is 24.5 Å². The minimum atomic E-state index is 0.0852. The van der Waals surface area contributed by atoms with Crippen molar-refractivity contribution in [2.75, 3.05) is 13.1 Å². The second-order valence-electron chi connectivity index (χ2n) is 6.61. The van der Waals surface area contributed by atoms with Gasteiger partial charge in [0, 0.05) is 10.9 Å². The molecule has 1 heterocycles. The van der Waals surface area contributed by atoms with Gasteiger partial charge < -0.3 is 10.6 Å². The van der Waals surface area contributed by atoms with Crippen LogP contribution in [0.1, 0.15) is 51.1 Å². The number of amides is 1. The van der Waals surface area contributed by atoms with Gasteiger partial charge in [-0.3, -0.25) is 4.79 Å². The lowest BCUT2D eigenvalue weighted by molar-refractivity contribution is -0.126. The highest BCUT2D eigenvalue weighted by molar-refractivity contribution is 6.30. The molecular formula is C18H27ClN2O. The number of halogens is 1. The first kappa shape index (κ1) is 17.3. The van der Waals surface area contributed by atoms with E-state index in [1.165, 1.54) is 0 Å². The van der Waals surface area contributed by atoms with Crippen LogP contribution in [-0.2, 0) is 4.79 Å². The molecule has 0 spiro atoms. The Morgan fingerprint density at radius 1 is 1.23 bits per heavy atom. The van der Waals surface area contributed by atoms with Crippen LogP contribution in [0.5, 0.6) is 0 Å². The van der Waals surface area contributed by atoms with Crippen LogP contribution < -0.4 is 10.6 Å². The molecule has 0 bridgehead atoms. The van der Waals surface area contributed by atoms with Crippen molar-refractivity contribution in [1.29, 1.82) is 0 Å². The standard InChI is InChI=1S/C18H27ClN2O/c1-13(2)3-8-17(14-4-6-16(19)7-5-14)21-18(22)15-9-11-20-12-10-15/h4-7,13,15,17,20H,3,8-12H2,1-2H3,(H,21,22). The summed E-state index contributed by atoms with van der Waals surface area (Å²) in [5, 5.41) is 7.31. The largest absolute Gasteiger partial charge is 0.349 e. The van der Waals surface area contributed by atoms with Crippen LogP contribution in [0.25, 0.3) is 0 Å². The summed E-state index contributed by atoms with van der Waals surface area (Å²) in [7, 11) is 0. The van der Waals surface area contributed by atoms with Crippen LogP contribution in [0.4, 0.5) is 0 Å². The van der Waals surface area contributed by atoms with E-state index >= 15 is 0 Å². The number of benzene rings is 1. The molecule has 1 aliphatic heterocycles. The van der Waals surface area contributed by atoms with E-state index in [0.29, 0.717) is 5.92 Å². The molecular weight excluding hydrogens is 296 g/mol. The number of hydrogen-bond acceptors (Lipinski definition) is 2. The second kappa shape index (κ2) is 8.54. The quantitative estimate of drug-likeness (QED) is 0.833. The van der Waals surface area contributed by atoms with E-state index < -0.39 is 0 Å². The van der Waals surface area contributed by atoms with Gasteiger partial charge in [-0.2, -0.15) is 0 Å². The summed E-state index contributed by atoms with van der Waals surface area (Å²) in [6.45, 7) is 6.31. The van der Waals surface area contributed by atoms with Crippen LogP contribution in [0.15, 0.2) is 24.3 Å². The molecule has 1 atom stereocenters. The Labute approximate surface area is 138 Å². The van der Waals surface area contributed by atoms with E-state index in [-0.39, 0.29) is 17.9 Å². The van der Waals surface area contributed by atoms with Crippen LogP contribution in [0.3, 0.4) is 0 Å². The fraction of sp³-hybridized carbons (Fsp3) is 0.611. The summed E-state index contributed by atoms with van der Waals surface area (Å²) < 4.78 is 0. The van der Waals surface area contributed by atoms with Gasteiger partial charge in [0.15, 0.2) is 0 Å². The molecule has 2 rings (SSSR count). The van der Waals surface area contributed by atoms with Crippen molar-refractivity contribution in [3.63, 3.8) is 0 Å². The minimum absolute atomic E-state index is 0.0852. The topological polar surface area (TPSA) is 41.1 Å². The highest BCUT2D eigenvalue weighted by Crippen LogP contribution is 2.24. The van der Waals surface area contributed by atoms with Crippen molar-refractivity contribution in [2.45, 2.75) is 45.6 Å². The lowest BCUT2D eigenvalue weighted by Gasteiger charge is -2.26. The van der Waals surface area contributed by atoms with Gasteiger partial charge >= 0.3 is 0 Å². The van der Waals surface area contributed by atoms with Gasteiger partial charge in [0.2, 0.25) is 5.91 Å². The Bertz CT molecular complexity index is 466. The Balaban J connectivity index is 2.02. The lowest BCUT2D eigenvalue weighted by atomic mass is 9.94. The third-order valence-electron chi connectivity index (χ3n) is 4.33. The first-order chi connectivity index (χ1) is 10.6. The van der Waals surface area contributed by atoms with Gasteiger partial charge in [-0.15, -0.1) is 0 Å². The summed E-state index contributed by atoms with van der Waals surface area (Å²) in [5.41, 5.74) is 1.15. The fourth-order valence-corrected chi connectivity index (χ4v) is 3.02. The maximum atomic E-state index is 12.5. The molecule has 1 amide bonds. The maximum absolute atomic E-state index is 12.5. The Hall–Kier alpha value is -1.06. The number of hydrogen-bond donors (Lipinski definition) is 2. The molecule has 1 aromatic rings. The average molecular weight is 323 g/mol. The fourth-order valence-electron chi connectivity index (χ4n) is 2.89. The van der Waals surface area contributed by atoms with E-state index in [1.807, 2.05) is 24.3 Å². The molecule has 22 heavy (non-hydrogen) atoms. The molecule has 3 nitrogen and oxygen atoms in total. The van der Waals surface area contributed by atoms with Gasteiger partial charge in [0.25, 0.3) is 0 Å². The average Bonchev–Trinajstić information content (AvgIpc) is 2.53. The van der Waals surface area contributed by atoms with Gasteiger partial charge in [0.05, 0.1) is 6.04 Å². The molecule has 1 fully saturated rings. The predicted octanol–water partition coefficient (Wildman–Crippen LogP) is 3.93.